The molecule has 0 bridgehead atoms. The van der Waals surface area contributed by atoms with E-state index in [2.05, 4.69) is 10.3 Å². The molecule has 0 aliphatic rings. The quantitative estimate of drug-likeness (QED) is 0.691. The number of H-pyrrole nitrogens is 1. The Morgan fingerprint density at radius 1 is 1.47 bits per heavy atom. The van der Waals surface area contributed by atoms with Crippen molar-refractivity contribution in [2.75, 3.05) is 25.6 Å². The molecule has 0 spiro atoms. The van der Waals surface area contributed by atoms with Crippen molar-refractivity contribution < 1.29 is 14.6 Å². The minimum atomic E-state index is -0.949. The number of aromatic carboxylic acids is 1. The van der Waals surface area contributed by atoms with E-state index in [-0.39, 0.29) is 5.69 Å². The highest BCUT2D eigenvalue weighted by Crippen LogP contribution is 2.20. The molecule has 90 valence electrons. The lowest BCUT2D eigenvalue weighted by atomic mass is 10.2. The van der Waals surface area contributed by atoms with Crippen molar-refractivity contribution in [1.82, 2.24) is 4.98 Å². The Balaban J connectivity index is 2.21. The number of carbonyl (C=O) groups is 1. The van der Waals surface area contributed by atoms with E-state index in [1.165, 1.54) is 0 Å². The molecule has 5 heteroatoms. The Hall–Kier alpha value is -2.01. The summed E-state index contributed by atoms with van der Waals surface area (Å²) in [6.45, 7) is 1.35. The van der Waals surface area contributed by atoms with Crippen molar-refractivity contribution in [2.45, 2.75) is 0 Å². The van der Waals surface area contributed by atoms with Crippen LogP contribution in [0, 0.1) is 0 Å². The predicted octanol–water partition coefficient (Wildman–Crippen LogP) is 1.92. The van der Waals surface area contributed by atoms with Gasteiger partial charge in [-0.05, 0) is 24.3 Å². The van der Waals surface area contributed by atoms with E-state index in [9.17, 15) is 4.79 Å². The first-order valence-electron chi connectivity index (χ1n) is 5.29. The number of ether oxygens (including phenoxy) is 1. The molecule has 0 amide bonds. The highest BCUT2D eigenvalue weighted by Gasteiger charge is 2.07. The van der Waals surface area contributed by atoms with Gasteiger partial charge in [0.05, 0.1) is 6.61 Å². The van der Waals surface area contributed by atoms with Crippen molar-refractivity contribution in [2.24, 2.45) is 0 Å². The molecule has 0 saturated carbocycles. The van der Waals surface area contributed by atoms with E-state index in [1.807, 2.05) is 18.2 Å². The maximum absolute atomic E-state index is 10.8. The molecule has 0 fully saturated rings. The van der Waals surface area contributed by atoms with Crippen LogP contribution < -0.4 is 5.32 Å². The van der Waals surface area contributed by atoms with Crippen molar-refractivity contribution in [3.63, 3.8) is 0 Å². The third-order valence-corrected chi connectivity index (χ3v) is 2.49. The van der Waals surface area contributed by atoms with Crippen LogP contribution in [0.3, 0.4) is 0 Å². The van der Waals surface area contributed by atoms with Crippen LogP contribution in [-0.4, -0.2) is 36.3 Å². The maximum atomic E-state index is 10.8. The van der Waals surface area contributed by atoms with Gasteiger partial charge in [-0.2, -0.15) is 0 Å². The van der Waals surface area contributed by atoms with Crippen molar-refractivity contribution in [1.29, 1.82) is 0 Å². The fourth-order valence-electron chi connectivity index (χ4n) is 1.66. The average molecular weight is 234 g/mol. The van der Waals surface area contributed by atoms with Gasteiger partial charge in [-0.1, -0.05) is 0 Å². The number of rotatable bonds is 5. The second-order valence-electron chi connectivity index (χ2n) is 3.71. The molecular weight excluding hydrogens is 220 g/mol. The number of hydrogen-bond acceptors (Lipinski definition) is 3. The molecule has 2 rings (SSSR count). The number of carboxylic acids is 1. The van der Waals surface area contributed by atoms with Crippen LogP contribution in [0.1, 0.15) is 10.5 Å². The second kappa shape index (κ2) is 4.88. The zero-order chi connectivity index (χ0) is 12.3. The Bertz CT molecular complexity index is 534. The molecule has 5 nitrogen and oxygen atoms in total. The highest BCUT2D eigenvalue weighted by atomic mass is 16.5. The summed E-state index contributed by atoms with van der Waals surface area (Å²) in [5.41, 5.74) is 1.97. The number of anilines is 1. The summed E-state index contributed by atoms with van der Waals surface area (Å²) in [4.78, 5) is 13.6. The van der Waals surface area contributed by atoms with E-state index >= 15 is 0 Å². The van der Waals surface area contributed by atoms with E-state index in [0.717, 1.165) is 23.1 Å². The maximum Gasteiger partial charge on any atom is 0.352 e. The number of fused-ring (bicyclic) bond motifs is 1. The predicted molar refractivity (Wildman–Crippen MR) is 65.6 cm³/mol. The second-order valence-corrected chi connectivity index (χ2v) is 3.71. The van der Waals surface area contributed by atoms with Crippen LogP contribution in [0.2, 0.25) is 0 Å². The number of methoxy groups -OCH3 is 1. The lowest BCUT2D eigenvalue weighted by Gasteiger charge is -2.05. The topological polar surface area (TPSA) is 74.3 Å². The number of hydrogen-bond donors (Lipinski definition) is 3. The van der Waals surface area contributed by atoms with Crippen molar-refractivity contribution in [3.8, 4) is 0 Å². The average Bonchev–Trinajstić information content (AvgIpc) is 2.72. The summed E-state index contributed by atoms with van der Waals surface area (Å²) < 4.78 is 4.94. The third-order valence-electron chi connectivity index (χ3n) is 2.49. The van der Waals surface area contributed by atoms with Gasteiger partial charge in [-0.15, -0.1) is 0 Å². The van der Waals surface area contributed by atoms with Crippen LogP contribution in [0.4, 0.5) is 5.69 Å². The Labute approximate surface area is 98.4 Å². The van der Waals surface area contributed by atoms with Gasteiger partial charge in [0.15, 0.2) is 0 Å². The number of aromatic amines is 1. The molecule has 1 aromatic heterocycles. The van der Waals surface area contributed by atoms with Crippen LogP contribution in [0.15, 0.2) is 24.3 Å². The lowest BCUT2D eigenvalue weighted by molar-refractivity contribution is 0.0691. The number of aromatic nitrogens is 1. The van der Waals surface area contributed by atoms with Gasteiger partial charge in [0.1, 0.15) is 5.69 Å². The first-order valence-corrected chi connectivity index (χ1v) is 5.29. The molecule has 3 N–H and O–H groups in total. The number of carboxylic acid groups (broad SMARTS) is 1. The Kier molecular flexibility index (Phi) is 3.30. The van der Waals surface area contributed by atoms with Gasteiger partial charge in [-0.3, -0.25) is 0 Å². The van der Waals surface area contributed by atoms with Gasteiger partial charge in [-0.25, -0.2) is 4.79 Å². The largest absolute Gasteiger partial charge is 0.477 e. The minimum absolute atomic E-state index is 0.203. The molecule has 1 aromatic carbocycles. The van der Waals surface area contributed by atoms with Gasteiger partial charge in [0.2, 0.25) is 0 Å². The smallest absolute Gasteiger partial charge is 0.352 e. The monoisotopic (exact) mass is 234 g/mol. The van der Waals surface area contributed by atoms with E-state index < -0.39 is 5.97 Å². The summed E-state index contributed by atoms with van der Waals surface area (Å²) in [5.74, 6) is -0.949. The van der Waals surface area contributed by atoms with Crippen LogP contribution in [0.25, 0.3) is 10.9 Å². The van der Waals surface area contributed by atoms with Gasteiger partial charge >= 0.3 is 5.97 Å². The van der Waals surface area contributed by atoms with E-state index in [1.54, 1.807) is 13.2 Å². The SMILES string of the molecule is COCCNc1ccc2[nH]c(C(=O)O)cc2c1. The molecule has 0 radical (unpaired) electrons. The van der Waals surface area contributed by atoms with E-state index in [0.29, 0.717) is 6.61 Å². The molecule has 0 atom stereocenters. The first kappa shape index (κ1) is 11.5. The molecule has 0 saturated heterocycles. The summed E-state index contributed by atoms with van der Waals surface area (Å²) in [6, 6.07) is 7.30. The zero-order valence-corrected chi connectivity index (χ0v) is 9.49. The fourth-order valence-corrected chi connectivity index (χ4v) is 1.66. The zero-order valence-electron chi connectivity index (χ0n) is 9.49. The van der Waals surface area contributed by atoms with Crippen LogP contribution in [0.5, 0.6) is 0 Å². The molecule has 1 heterocycles. The Morgan fingerprint density at radius 2 is 2.29 bits per heavy atom. The van der Waals surface area contributed by atoms with Crippen molar-refractivity contribution >= 4 is 22.6 Å². The molecule has 0 unspecified atom stereocenters. The summed E-state index contributed by atoms with van der Waals surface area (Å²) >= 11 is 0. The van der Waals surface area contributed by atoms with Gasteiger partial charge in [0.25, 0.3) is 0 Å². The van der Waals surface area contributed by atoms with Gasteiger partial charge in [0, 0.05) is 30.2 Å². The standard InChI is InChI=1S/C12H14N2O3/c1-17-5-4-13-9-2-3-10-8(6-9)7-11(14-10)12(15)16/h2-3,6-7,13-14H,4-5H2,1H3,(H,15,16). The summed E-state index contributed by atoms with van der Waals surface area (Å²) in [5, 5.41) is 12.9. The molecule has 17 heavy (non-hydrogen) atoms. The molecular formula is C12H14N2O3. The van der Waals surface area contributed by atoms with Crippen LogP contribution >= 0.6 is 0 Å². The number of benzene rings is 1. The minimum Gasteiger partial charge on any atom is -0.477 e. The lowest BCUT2D eigenvalue weighted by Crippen LogP contribution is -2.07. The third kappa shape index (κ3) is 2.57. The van der Waals surface area contributed by atoms with Gasteiger partial charge < -0.3 is 20.1 Å². The van der Waals surface area contributed by atoms with Crippen LogP contribution in [-0.2, 0) is 4.74 Å². The number of nitrogens with one attached hydrogen (secondary N) is 2. The summed E-state index contributed by atoms with van der Waals surface area (Å²) in [6.07, 6.45) is 0. The molecule has 0 aliphatic carbocycles. The Morgan fingerprint density at radius 3 is 3.00 bits per heavy atom. The normalized spacial score (nSPS) is 10.6. The fraction of sp³-hybridized carbons (Fsp3) is 0.250. The van der Waals surface area contributed by atoms with E-state index in [4.69, 9.17) is 9.84 Å². The summed E-state index contributed by atoms with van der Waals surface area (Å²) in [7, 11) is 1.65. The molecule has 0 aliphatic heterocycles. The van der Waals surface area contributed by atoms with Crippen molar-refractivity contribution in [3.05, 3.63) is 30.0 Å². The molecule has 2 aromatic rings. The first-order chi connectivity index (χ1) is 8.20. The highest BCUT2D eigenvalue weighted by molar-refractivity contribution is 5.94.